The van der Waals surface area contributed by atoms with E-state index in [0.717, 1.165) is 40.2 Å². The van der Waals surface area contributed by atoms with Gasteiger partial charge in [0.2, 0.25) is 5.91 Å². The van der Waals surface area contributed by atoms with Gasteiger partial charge in [0.25, 0.3) is 0 Å². The van der Waals surface area contributed by atoms with Crippen LogP contribution in [0.25, 0.3) is 22.4 Å². The van der Waals surface area contributed by atoms with Crippen LogP contribution in [0, 0.1) is 13.8 Å². The molecule has 7 nitrogen and oxygen atoms in total. The number of nitrogens with zero attached hydrogens (tertiary/aromatic N) is 5. The van der Waals surface area contributed by atoms with E-state index in [4.69, 9.17) is 16.7 Å². The van der Waals surface area contributed by atoms with Crippen molar-refractivity contribution < 1.29 is 4.79 Å². The molecule has 1 amide bonds. The zero-order valence-corrected chi connectivity index (χ0v) is 19.9. The van der Waals surface area contributed by atoms with E-state index < -0.39 is 0 Å². The van der Waals surface area contributed by atoms with Crippen molar-refractivity contribution in [3.8, 4) is 11.3 Å². The Hall–Kier alpha value is -3.71. The molecule has 0 spiro atoms. The Bertz CT molecular complexity index is 1490. The molecule has 0 atom stereocenters. The van der Waals surface area contributed by atoms with E-state index in [9.17, 15) is 4.79 Å². The molecule has 5 aromatic rings. The maximum Gasteiger partial charge on any atom is 0.220 e. The van der Waals surface area contributed by atoms with Gasteiger partial charge >= 0.3 is 0 Å². The quantitative estimate of drug-likeness (QED) is 0.375. The molecule has 0 bridgehead atoms. The SMILES string of the molecule is Cc1ccc(C)c(-c2cc3c4nnc(CCC(=O)NCCc5ccc(Cl)cc5)n4ccn3n2)c1. The van der Waals surface area contributed by atoms with E-state index in [1.807, 2.05) is 51.6 Å². The molecule has 5 rings (SSSR count). The zero-order chi connectivity index (χ0) is 23.7. The third kappa shape index (κ3) is 4.52. The molecule has 0 aliphatic heterocycles. The fourth-order valence-electron chi connectivity index (χ4n) is 4.08. The van der Waals surface area contributed by atoms with Crippen LogP contribution in [-0.2, 0) is 17.6 Å². The van der Waals surface area contributed by atoms with Crippen molar-refractivity contribution in [1.29, 1.82) is 0 Å². The molecule has 3 aromatic heterocycles. The lowest BCUT2D eigenvalue weighted by atomic mass is 10.0. The van der Waals surface area contributed by atoms with Gasteiger partial charge in [-0.2, -0.15) is 5.10 Å². The summed E-state index contributed by atoms with van der Waals surface area (Å²) in [5, 5.41) is 17.2. The molecule has 0 aliphatic carbocycles. The number of benzene rings is 2. The summed E-state index contributed by atoms with van der Waals surface area (Å²) in [5.41, 5.74) is 7.12. The van der Waals surface area contributed by atoms with Crippen LogP contribution in [0.4, 0.5) is 0 Å². The number of rotatable bonds is 7. The van der Waals surface area contributed by atoms with Gasteiger partial charge in [-0.1, -0.05) is 41.4 Å². The number of carbonyl (C=O) groups is 1. The van der Waals surface area contributed by atoms with Crippen LogP contribution in [0.3, 0.4) is 0 Å². The van der Waals surface area contributed by atoms with Crippen molar-refractivity contribution in [3.05, 3.63) is 88.5 Å². The Morgan fingerprint density at radius 1 is 1.00 bits per heavy atom. The number of fused-ring (bicyclic) bond motifs is 3. The van der Waals surface area contributed by atoms with Gasteiger partial charge in [0.1, 0.15) is 11.3 Å². The number of nitrogens with one attached hydrogen (secondary N) is 1. The van der Waals surface area contributed by atoms with Crippen molar-refractivity contribution in [2.45, 2.75) is 33.1 Å². The van der Waals surface area contributed by atoms with Gasteiger partial charge in [-0.3, -0.25) is 9.20 Å². The van der Waals surface area contributed by atoms with Crippen molar-refractivity contribution in [2.24, 2.45) is 0 Å². The van der Waals surface area contributed by atoms with Crippen LogP contribution in [0.1, 0.15) is 28.9 Å². The molecular weight excluding hydrogens is 448 g/mol. The predicted octanol–water partition coefficient (Wildman–Crippen LogP) is 4.61. The Balaban J connectivity index is 1.27. The lowest BCUT2D eigenvalue weighted by Crippen LogP contribution is -2.26. The van der Waals surface area contributed by atoms with Crippen LogP contribution in [-0.4, -0.2) is 36.7 Å². The summed E-state index contributed by atoms with van der Waals surface area (Å²) in [6.45, 7) is 4.75. The summed E-state index contributed by atoms with van der Waals surface area (Å²) in [7, 11) is 0. The summed E-state index contributed by atoms with van der Waals surface area (Å²) in [6.07, 6.45) is 5.41. The fourth-order valence-corrected chi connectivity index (χ4v) is 4.21. The van der Waals surface area contributed by atoms with Crippen LogP contribution in [0.2, 0.25) is 5.02 Å². The molecule has 0 unspecified atom stereocenters. The first-order valence-electron chi connectivity index (χ1n) is 11.3. The second kappa shape index (κ2) is 9.27. The minimum atomic E-state index is -0.00615. The molecular formula is C26H25ClN6O. The number of halogens is 1. The standard InChI is InChI=1S/C26H25ClN6O/c1-17-3-4-18(2)21(15-17)22-16-23-26-30-29-24(32(26)13-14-33(23)31-22)9-10-25(34)28-12-11-19-5-7-20(27)8-6-19/h3-8,13-16H,9-12H2,1-2H3,(H,28,34). The molecule has 2 aromatic carbocycles. The monoisotopic (exact) mass is 472 g/mol. The molecule has 8 heteroatoms. The summed E-state index contributed by atoms with van der Waals surface area (Å²) in [4.78, 5) is 12.3. The number of carbonyl (C=O) groups excluding carboxylic acids is 1. The second-order valence-electron chi connectivity index (χ2n) is 8.51. The molecule has 0 saturated heterocycles. The Morgan fingerprint density at radius 2 is 1.82 bits per heavy atom. The molecule has 0 saturated carbocycles. The summed E-state index contributed by atoms with van der Waals surface area (Å²) >= 11 is 5.91. The maximum absolute atomic E-state index is 12.3. The zero-order valence-electron chi connectivity index (χ0n) is 19.1. The van der Waals surface area contributed by atoms with Gasteiger partial charge in [0, 0.05) is 42.4 Å². The molecule has 0 aliphatic rings. The van der Waals surface area contributed by atoms with Gasteiger partial charge in [0.05, 0.1) is 5.69 Å². The molecule has 172 valence electrons. The minimum absolute atomic E-state index is 0.00615. The first-order chi connectivity index (χ1) is 16.5. The summed E-state index contributed by atoms with van der Waals surface area (Å²) in [5.74, 6) is 0.744. The third-order valence-corrected chi connectivity index (χ3v) is 6.23. The fraction of sp³-hybridized carbons (Fsp3) is 0.231. The number of aromatic nitrogens is 5. The topological polar surface area (TPSA) is 76.6 Å². The van der Waals surface area contributed by atoms with E-state index in [1.54, 1.807) is 0 Å². The highest BCUT2D eigenvalue weighted by Gasteiger charge is 2.14. The lowest BCUT2D eigenvalue weighted by molar-refractivity contribution is -0.121. The first kappa shape index (κ1) is 22.1. The van der Waals surface area contributed by atoms with Crippen LogP contribution in [0.5, 0.6) is 0 Å². The van der Waals surface area contributed by atoms with E-state index >= 15 is 0 Å². The van der Waals surface area contributed by atoms with E-state index in [-0.39, 0.29) is 5.91 Å². The average Bonchev–Trinajstić information content (AvgIpc) is 3.44. The van der Waals surface area contributed by atoms with Crippen molar-refractivity contribution in [1.82, 2.24) is 29.5 Å². The molecule has 0 radical (unpaired) electrons. The highest BCUT2D eigenvalue weighted by atomic mass is 35.5. The number of hydrogen-bond acceptors (Lipinski definition) is 4. The van der Waals surface area contributed by atoms with Crippen molar-refractivity contribution in [3.63, 3.8) is 0 Å². The maximum atomic E-state index is 12.3. The van der Waals surface area contributed by atoms with Gasteiger partial charge in [-0.15, -0.1) is 10.2 Å². The highest BCUT2D eigenvalue weighted by molar-refractivity contribution is 6.30. The lowest BCUT2D eigenvalue weighted by Gasteiger charge is -2.05. The van der Waals surface area contributed by atoms with Crippen LogP contribution >= 0.6 is 11.6 Å². The summed E-state index contributed by atoms with van der Waals surface area (Å²) < 4.78 is 3.76. The smallest absolute Gasteiger partial charge is 0.220 e. The van der Waals surface area contributed by atoms with E-state index in [1.165, 1.54) is 11.1 Å². The van der Waals surface area contributed by atoms with E-state index in [2.05, 4.69) is 47.6 Å². The van der Waals surface area contributed by atoms with Crippen molar-refractivity contribution >= 4 is 28.7 Å². The number of amides is 1. The molecule has 1 N–H and O–H groups in total. The van der Waals surface area contributed by atoms with Crippen molar-refractivity contribution in [2.75, 3.05) is 6.54 Å². The molecule has 0 fully saturated rings. The van der Waals surface area contributed by atoms with Gasteiger partial charge < -0.3 is 5.32 Å². The summed E-state index contributed by atoms with van der Waals surface area (Å²) in [6, 6.07) is 16.1. The number of hydrogen-bond donors (Lipinski definition) is 1. The number of aryl methyl sites for hydroxylation is 3. The Labute approximate surface area is 202 Å². The van der Waals surface area contributed by atoms with Crippen LogP contribution in [0.15, 0.2) is 60.9 Å². The van der Waals surface area contributed by atoms with Crippen LogP contribution < -0.4 is 5.32 Å². The predicted molar refractivity (Wildman–Crippen MR) is 133 cm³/mol. The van der Waals surface area contributed by atoms with Gasteiger partial charge in [-0.25, -0.2) is 4.52 Å². The van der Waals surface area contributed by atoms with Gasteiger partial charge in [-0.05, 0) is 55.7 Å². The minimum Gasteiger partial charge on any atom is -0.356 e. The van der Waals surface area contributed by atoms with Gasteiger partial charge in [0.15, 0.2) is 5.65 Å². The largest absolute Gasteiger partial charge is 0.356 e. The molecule has 3 heterocycles. The Kier molecular flexibility index (Phi) is 6.02. The molecule has 34 heavy (non-hydrogen) atoms. The second-order valence-corrected chi connectivity index (χ2v) is 8.95. The Morgan fingerprint density at radius 3 is 2.65 bits per heavy atom. The third-order valence-electron chi connectivity index (χ3n) is 5.98. The normalized spacial score (nSPS) is 11.4. The van der Waals surface area contributed by atoms with E-state index in [0.29, 0.717) is 24.4 Å². The first-order valence-corrected chi connectivity index (χ1v) is 11.7. The highest BCUT2D eigenvalue weighted by Crippen LogP contribution is 2.26. The average molecular weight is 473 g/mol.